The van der Waals surface area contributed by atoms with Gasteiger partial charge in [-0.05, 0) is 31.2 Å². The molecule has 1 aromatic heterocycles. The quantitative estimate of drug-likeness (QED) is 0.919. The van der Waals surface area contributed by atoms with Gasteiger partial charge in [0.2, 0.25) is 5.91 Å². The summed E-state index contributed by atoms with van der Waals surface area (Å²) in [5.74, 6) is 0.460. The molecule has 0 radical (unpaired) electrons. The van der Waals surface area contributed by atoms with Crippen molar-refractivity contribution in [3.05, 3.63) is 42.7 Å². The Hall–Kier alpha value is -2.14. The molecule has 126 valence electrons. The van der Waals surface area contributed by atoms with E-state index in [-0.39, 0.29) is 11.8 Å². The van der Waals surface area contributed by atoms with Crippen LogP contribution in [0, 0.1) is 5.92 Å². The predicted molar refractivity (Wildman–Crippen MR) is 93.1 cm³/mol. The van der Waals surface area contributed by atoms with Gasteiger partial charge in [-0.15, -0.1) is 0 Å². The maximum atomic E-state index is 12.1. The van der Waals surface area contributed by atoms with Crippen molar-refractivity contribution in [1.29, 1.82) is 0 Å². The van der Waals surface area contributed by atoms with Crippen molar-refractivity contribution in [2.45, 2.75) is 38.4 Å². The van der Waals surface area contributed by atoms with Gasteiger partial charge in [-0.1, -0.05) is 30.3 Å². The minimum Gasteiger partial charge on any atom is -0.353 e. The van der Waals surface area contributed by atoms with Gasteiger partial charge < -0.3 is 5.32 Å². The van der Waals surface area contributed by atoms with E-state index in [2.05, 4.69) is 33.6 Å². The number of aromatic nitrogens is 2. The summed E-state index contributed by atoms with van der Waals surface area (Å²) in [6.07, 6.45) is 8.24. The van der Waals surface area contributed by atoms with Crippen LogP contribution in [-0.2, 0) is 11.5 Å². The molecule has 4 rings (SSSR count). The number of carbonyl (C=O) groups excluding carboxylic acids is 1. The number of hydrogen-bond acceptors (Lipinski definition) is 3. The van der Waals surface area contributed by atoms with E-state index in [9.17, 15) is 4.79 Å². The lowest BCUT2D eigenvalue weighted by Crippen LogP contribution is -2.41. The Bertz CT molecular complexity index is 684. The summed E-state index contributed by atoms with van der Waals surface area (Å²) in [7, 11) is 0. The largest absolute Gasteiger partial charge is 0.353 e. The normalized spacial score (nSPS) is 19.3. The van der Waals surface area contributed by atoms with Crippen LogP contribution in [0.5, 0.6) is 0 Å². The number of benzene rings is 1. The molecule has 0 bridgehead atoms. The molecule has 0 atom stereocenters. The molecule has 24 heavy (non-hydrogen) atoms. The molecule has 2 heterocycles. The van der Waals surface area contributed by atoms with Gasteiger partial charge in [-0.2, -0.15) is 5.10 Å². The summed E-state index contributed by atoms with van der Waals surface area (Å²) < 4.78 is 1.99. The Balaban J connectivity index is 1.29. The number of nitrogens with one attached hydrogen (secondary N) is 1. The number of amides is 1. The van der Waals surface area contributed by atoms with E-state index in [1.165, 1.54) is 5.56 Å². The Morgan fingerprint density at radius 3 is 2.54 bits per heavy atom. The molecule has 2 aliphatic rings. The van der Waals surface area contributed by atoms with Gasteiger partial charge in [-0.25, -0.2) is 0 Å². The van der Waals surface area contributed by atoms with Crippen LogP contribution >= 0.6 is 0 Å². The SMILES string of the molecule is O=C(NC1CC1)C1CCN(Cn2cc(-c3ccccc3)cn2)CC1. The summed E-state index contributed by atoms with van der Waals surface area (Å²) in [5.41, 5.74) is 2.34. The van der Waals surface area contributed by atoms with Gasteiger partial charge in [0.25, 0.3) is 0 Å². The number of piperidine rings is 1. The second kappa shape index (κ2) is 6.77. The minimum atomic E-state index is 0.194. The van der Waals surface area contributed by atoms with Gasteiger partial charge in [-0.3, -0.25) is 14.4 Å². The molecular formula is C19H24N4O. The summed E-state index contributed by atoms with van der Waals surface area (Å²) in [5, 5.41) is 7.62. The molecule has 1 amide bonds. The van der Waals surface area contributed by atoms with E-state index in [1.54, 1.807) is 0 Å². The summed E-state index contributed by atoms with van der Waals surface area (Å²) >= 11 is 0. The van der Waals surface area contributed by atoms with Crippen LogP contribution in [0.25, 0.3) is 11.1 Å². The van der Waals surface area contributed by atoms with Gasteiger partial charge in [0, 0.05) is 36.8 Å². The molecule has 0 spiro atoms. The van der Waals surface area contributed by atoms with Gasteiger partial charge in [0.15, 0.2) is 0 Å². The van der Waals surface area contributed by atoms with Crippen molar-refractivity contribution in [2.75, 3.05) is 13.1 Å². The van der Waals surface area contributed by atoms with Crippen LogP contribution in [0.3, 0.4) is 0 Å². The van der Waals surface area contributed by atoms with Gasteiger partial charge in [0.1, 0.15) is 0 Å². The first kappa shape index (κ1) is 15.4. The fourth-order valence-corrected chi connectivity index (χ4v) is 3.31. The van der Waals surface area contributed by atoms with Crippen LogP contribution in [-0.4, -0.2) is 39.7 Å². The third-order valence-corrected chi connectivity index (χ3v) is 4.97. The fraction of sp³-hybridized carbons (Fsp3) is 0.474. The Labute approximate surface area is 142 Å². The minimum absolute atomic E-state index is 0.194. The molecule has 2 aromatic rings. The molecule has 5 nitrogen and oxygen atoms in total. The molecule has 1 aliphatic heterocycles. The summed E-state index contributed by atoms with van der Waals surface area (Å²) in [6.45, 7) is 2.72. The van der Waals surface area contributed by atoms with E-state index < -0.39 is 0 Å². The number of rotatable bonds is 5. The highest BCUT2D eigenvalue weighted by Gasteiger charge is 2.29. The average molecular weight is 324 g/mol. The van der Waals surface area contributed by atoms with E-state index in [0.29, 0.717) is 6.04 Å². The summed E-state index contributed by atoms with van der Waals surface area (Å²) in [4.78, 5) is 14.5. The number of hydrogen-bond donors (Lipinski definition) is 1. The first-order valence-corrected chi connectivity index (χ1v) is 8.88. The zero-order valence-electron chi connectivity index (χ0n) is 13.9. The fourth-order valence-electron chi connectivity index (χ4n) is 3.31. The highest BCUT2D eigenvalue weighted by Crippen LogP contribution is 2.23. The Kier molecular flexibility index (Phi) is 4.34. The van der Waals surface area contributed by atoms with E-state index in [0.717, 1.165) is 51.0 Å². The monoisotopic (exact) mass is 324 g/mol. The first-order chi connectivity index (χ1) is 11.8. The number of likely N-dealkylation sites (tertiary alicyclic amines) is 1. The lowest BCUT2D eigenvalue weighted by molar-refractivity contribution is -0.126. The molecule has 1 aromatic carbocycles. The average Bonchev–Trinajstić information content (AvgIpc) is 3.31. The maximum Gasteiger partial charge on any atom is 0.223 e. The van der Waals surface area contributed by atoms with E-state index >= 15 is 0 Å². The molecule has 5 heteroatoms. The van der Waals surface area contributed by atoms with Crippen molar-refractivity contribution in [2.24, 2.45) is 5.92 Å². The van der Waals surface area contributed by atoms with Crippen molar-refractivity contribution < 1.29 is 4.79 Å². The lowest BCUT2D eigenvalue weighted by Gasteiger charge is -2.31. The van der Waals surface area contributed by atoms with Crippen LogP contribution in [0.4, 0.5) is 0 Å². The van der Waals surface area contributed by atoms with Crippen molar-refractivity contribution in [1.82, 2.24) is 20.0 Å². The second-order valence-corrected chi connectivity index (χ2v) is 6.95. The second-order valence-electron chi connectivity index (χ2n) is 6.95. The van der Waals surface area contributed by atoms with Crippen molar-refractivity contribution >= 4 is 5.91 Å². The maximum absolute atomic E-state index is 12.1. The van der Waals surface area contributed by atoms with Crippen LogP contribution < -0.4 is 5.32 Å². The zero-order chi connectivity index (χ0) is 16.4. The Morgan fingerprint density at radius 2 is 1.83 bits per heavy atom. The third kappa shape index (κ3) is 3.67. The summed E-state index contributed by atoms with van der Waals surface area (Å²) in [6, 6.07) is 10.8. The Morgan fingerprint density at radius 1 is 1.08 bits per heavy atom. The molecule has 1 N–H and O–H groups in total. The molecule has 1 aliphatic carbocycles. The molecule has 0 unspecified atom stereocenters. The zero-order valence-corrected chi connectivity index (χ0v) is 13.9. The van der Waals surface area contributed by atoms with Crippen molar-refractivity contribution in [3.63, 3.8) is 0 Å². The molecular weight excluding hydrogens is 300 g/mol. The first-order valence-electron chi connectivity index (χ1n) is 8.88. The third-order valence-electron chi connectivity index (χ3n) is 4.97. The van der Waals surface area contributed by atoms with Gasteiger partial charge in [0.05, 0.1) is 12.9 Å². The standard InChI is InChI=1S/C19H24N4O/c24-19(21-18-6-7-18)16-8-10-22(11-9-16)14-23-13-17(12-20-23)15-4-2-1-3-5-15/h1-5,12-13,16,18H,6-11,14H2,(H,21,24). The van der Waals surface area contributed by atoms with E-state index in [4.69, 9.17) is 0 Å². The van der Waals surface area contributed by atoms with Crippen LogP contribution in [0.15, 0.2) is 42.7 Å². The topological polar surface area (TPSA) is 50.2 Å². The van der Waals surface area contributed by atoms with Gasteiger partial charge >= 0.3 is 0 Å². The molecule has 1 saturated carbocycles. The molecule has 2 fully saturated rings. The molecule has 1 saturated heterocycles. The van der Waals surface area contributed by atoms with Crippen molar-refractivity contribution in [3.8, 4) is 11.1 Å². The van der Waals surface area contributed by atoms with Crippen LogP contribution in [0.2, 0.25) is 0 Å². The highest BCUT2D eigenvalue weighted by molar-refractivity contribution is 5.79. The smallest absolute Gasteiger partial charge is 0.223 e. The highest BCUT2D eigenvalue weighted by atomic mass is 16.2. The lowest BCUT2D eigenvalue weighted by atomic mass is 9.96. The predicted octanol–water partition coefficient (Wildman–Crippen LogP) is 2.50. The number of nitrogens with zero attached hydrogens (tertiary/aromatic N) is 3. The van der Waals surface area contributed by atoms with Crippen LogP contribution in [0.1, 0.15) is 25.7 Å². The van der Waals surface area contributed by atoms with E-state index in [1.807, 2.05) is 29.1 Å². The number of carbonyl (C=O) groups is 1.